The molecule has 0 spiro atoms. The highest BCUT2D eigenvalue weighted by molar-refractivity contribution is 8.13. The van der Waals surface area contributed by atoms with Gasteiger partial charge in [-0.1, -0.05) is 0 Å². The van der Waals surface area contributed by atoms with Crippen LogP contribution in [0.25, 0.3) is 0 Å². The second-order valence-electron chi connectivity index (χ2n) is 3.47. The van der Waals surface area contributed by atoms with Crippen molar-refractivity contribution in [3.05, 3.63) is 17.3 Å². The summed E-state index contributed by atoms with van der Waals surface area (Å²) in [6.45, 7) is -0.897. The largest absolute Gasteiger partial charge is 0.574 e. The Bertz CT molecular complexity index is 643. The van der Waals surface area contributed by atoms with Gasteiger partial charge in [0.05, 0.1) is 11.3 Å². The molecule has 0 unspecified atom stereocenters. The van der Waals surface area contributed by atoms with Crippen molar-refractivity contribution in [2.45, 2.75) is 24.0 Å². The Balaban J connectivity index is 3.65. The summed E-state index contributed by atoms with van der Waals surface area (Å²) in [6, 6.07) is -0.112. The van der Waals surface area contributed by atoms with Crippen LogP contribution in [0, 0.1) is 0 Å². The van der Waals surface area contributed by atoms with E-state index in [1.54, 1.807) is 0 Å². The molecule has 0 fully saturated rings. The lowest BCUT2D eigenvalue weighted by Gasteiger charge is -2.16. The number of nitrogens with two attached hydrogens (primary N) is 1. The maximum absolute atomic E-state index is 12.7. The van der Waals surface area contributed by atoms with Crippen LogP contribution >= 0.6 is 10.7 Å². The molecule has 1 heterocycles. The fraction of sp³-hybridized carbons (Fsp3) is 0.375. The van der Waals surface area contributed by atoms with Crippen molar-refractivity contribution < 1.29 is 39.5 Å². The predicted molar refractivity (Wildman–Crippen MR) is 56.9 cm³/mol. The van der Waals surface area contributed by atoms with E-state index in [9.17, 15) is 34.8 Å². The number of alkyl halides is 6. The predicted octanol–water partition coefficient (Wildman–Crippen LogP) is 2.39. The summed E-state index contributed by atoms with van der Waals surface area (Å²) in [5.74, 6) is -1.63. The number of pyridine rings is 1. The molecule has 0 aliphatic heterocycles. The van der Waals surface area contributed by atoms with Gasteiger partial charge in [0, 0.05) is 17.2 Å². The molecule has 13 heteroatoms. The standard InChI is InChI=1S/C8H5ClF6N2O3S/c9-21(18,19)5-1-3(7(10,11)12)4(2-16)17-6(5)20-8(13,14)15/h1H,2,16H2. The summed E-state index contributed by atoms with van der Waals surface area (Å²) < 4.78 is 99.9. The van der Waals surface area contributed by atoms with Crippen LogP contribution in [-0.2, 0) is 21.8 Å². The minimum atomic E-state index is -5.38. The van der Waals surface area contributed by atoms with Crippen LogP contribution in [0.5, 0.6) is 5.88 Å². The normalized spacial score (nSPS) is 13.3. The molecule has 0 saturated carbocycles. The van der Waals surface area contributed by atoms with Gasteiger partial charge in [0.25, 0.3) is 9.05 Å². The number of ether oxygens (including phenoxy) is 1. The zero-order valence-corrected chi connectivity index (χ0v) is 11.2. The second-order valence-corrected chi connectivity index (χ2v) is 6.01. The molecule has 1 aromatic heterocycles. The van der Waals surface area contributed by atoms with Gasteiger partial charge in [-0.3, -0.25) is 0 Å². The van der Waals surface area contributed by atoms with Gasteiger partial charge in [0.15, 0.2) is 0 Å². The zero-order valence-electron chi connectivity index (χ0n) is 9.59. The third-order valence-electron chi connectivity index (χ3n) is 2.01. The van der Waals surface area contributed by atoms with E-state index in [4.69, 9.17) is 16.4 Å². The first-order chi connectivity index (χ1) is 9.25. The fourth-order valence-corrected chi connectivity index (χ4v) is 2.16. The van der Waals surface area contributed by atoms with Crippen LogP contribution in [0.15, 0.2) is 11.0 Å². The maximum atomic E-state index is 12.7. The van der Waals surface area contributed by atoms with Gasteiger partial charge >= 0.3 is 12.5 Å². The summed E-state index contributed by atoms with van der Waals surface area (Å²) >= 11 is 0. The van der Waals surface area contributed by atoms with Crippen molar-refractivity contribution in [1.82, 2.24) is 4.98 Å². The molecule has 0 bridgehead atoms. The summed E-state index contributed by atoms with van der Waals surface area (Å²) in [5, 5.41) is 0. The zero-order chi connectivity index (χ0) is 16.6. The highest BCUT2D eigenvalue weighted by atomic mass is 35.7. The molecule has 120 valence electrons. The van der Waals surface area contributed by atoms with Crippen molar-refractivity contribution in [3.63, 3.8) is 0 Å². The van der Waals surface area contributed by atoms with Gasteiger partial charge in [-0.05, 0) is 6.07 Å². The average Bonchev–Trinajstić information content (AvgIpc) is 2.22. The van der Waals surface area contributed by atoms with E-state index in [0.717, 1.165) is 0 Å². The van der Waals surface area contributed by atoms with Crippen molar-refractivity contribution in [2.24, 2.45) is 5.73 Å². The van der Waals surface area contributed by atoms with Crippen LogP contribution < -0.4 is 10.5 Å². The minimum absolute atomic E-state index is 0.112. The van der Waals surface area contributed by atoms with E-state index in [1.165, 1.54) is 0 Å². The van der Waals surface area contributed by atoms with Gasteiger partial charge in [-0.25, -0.2) is 13.4 Å². The van der Waals surface area contributed by atoms with E-state index < -0.39 is 50.2 Å². The van der Waals surface area contributed by atoms with Crippen LogP contribution in [0.2, 0.25) is 0 Å². The van der Waals surface area contributed by atoms with Crippen LogP contribution in [0.1, 0.15) is 11.3 Å². The molecular weight excluding hydrogens is 354 g/mol. The molecule has 0 amide bonds. The molecule has 1 aromatic rings. The van der Waals surface area contributed by atoms with Crippen molar-refractivity contribution in [1.29, 1.82) is 0 Å². The highest BCUT2D eigenvalue weighted by Gasteiger charge is 2.40. The van der Waals surface area contributed by atoms with E-state index in [1.807, 2.05) is 0 Å². The van der Waals surface area contributed by atoms with E-state index in [2.05, 4.69) is 9.72 Å². The molecule has 2 N–H and O–H groups in total. The fourth-order valence-electron chi connectivity index (χ4n) is 1.27. The molecule has 0 aliphatic rings. The Morgan fingerprint density at radius 3 is 2.10 bits per heavy atom. The van der Waals surface area contributed by atoms with Gasteiger partial charge in [0.2, 0.25) is 5.88 Å². The highest BCUT2D eigenvalue weighted by Crippen LogP contribution is 2.37. The lowest BCUT2D eigenvalue weighted by molar-refractivity contribution is -0.277. The van der Waals surface area contributed by atoms with Crippen molar-refractivity contribution >= 4 is 19.7 Å². The van der Waals surface area contributed by atoms with Gasteiger partial charge in [-0.2, -0.15) is 13.2 Å². The van der Waals surface area contributed by atoms with Crippen LogP contribution in [-0.4, -0.2) is 19.8 Å². The third-order valence-corrected chi connectivity index (χ3v) is 3.32. The first kappa shape index (κ1) is 17.8. The van der Waals surface area contributed by atoms with Crippen molar-refractivity contribution in [2.75, 3.05) is 0 Å². The molecule has 0 aromatic carbocycles. The average molecular weight is 359 g/mol. The third kappa shape index (κ3) is 4.61. The Labute approximate surface area is 118 Å². The smallest absolute Gasteiger partial charge is 0.386 e. The van der Waals surface area contributed by atoms with E-state index in [-0.39, 0.29) is 6.07 Å². The monoisotopic (exact) mass is 358 g/mol. The van der Waals surface area contributed by atoms with E-state index in [0.29, 0.717) is 0 Å². The first-order valence-electron chi connectivity index (χ1n) is 4.77. The van der Waals surface area contributed by atoms with Gasteiger partial charge in [0.1, 0.15) is 4.90 Å². The van der Waals surface area contributed by atoms with Gasteiger partial charge in [-0.15, -0.1) is 13.2 Å². The van der Waals surface area contributed by atoms with Crippen LogP contribution in [0.3, 0.4) is 0 Å². The lowest BCUT2D eigenvalue weighted by atomic mass is 10.2. The second kappa shape index (κ2) is 5.50. The first-order valence-corrected chi connectivity index (χ1v) is 7.08. The van der Waals surface area contributed by atoms with Gasteiger partial charge < -0.3 is 10.5 Å². The Kier molecular flexibility index (Phi) is 4.65. The van der Waals surface area contributed by atoms with E-state index >= 15 is 0 Å². The molecule has 0 saturated heterocycles. The summed E-state index contributed by atoms with van der Waals surface area (Å²) in [6.07, 6.45) is -10.5. The van der Waals surface area contributed by atoms with Crippen molar-refractivity contribution in [3.8, 4) is 5.88 Å². The topological polar surface area (TPSA) is 82.3 Å². The Hall–Kier alpha value is -1.27. The maximum Gasteiger partial charge on any atom is 0.574 e. The SMILES string of the molecule is NCc1nc(OC(F)(F)F)c(S(=O)(=O)Cl)cc1C(F)(F)F. The summed E-state index contributed by atoms with van der Waals surface area (Å²) in [4.78, 5) is 1.29. The molecule has 0 radical (unpaired) electrons. The molecule has 0 aliphatic carbocycles. The Morgan fingerprint density at radius 1 is 1.24 bits per heavy atom. The number of aromatic nitrogens is 1. The number of halogens is 7. The Morgan fingerprint density at radius 2 is 1.76 bits per heavy atom. The molecule has 21 heavy (non-hydrogen) atoms. The molecule has 5 nitrogen and oxygen atoms in total. The number of rotatable bonds is 3. The minimum Gasteiger partial charge on any atom is -0.386 e. The quantitative estimate of drug-likeness (QED) is 0.662. The van der Waals surface area contributed by atoms with Crippen LogP contribution in [0.4, 0.5) is 26.3 Å². The molecule has 1 rings (SSSR count). The summed E-state index contributed by atoms with van der Waals surface area (Å²) in [7, 11) is -0.173. The lowest BCUT2D eigenvalue weighted by Crippen LogP contribution is -2.22. The molecule has 0 atom stereocenters. The number of nitrogens with zero attached hydrogens (tertiary/aromatic N) is 1. The molecular formula is C8H5ClF6N2O3S. The summed E-state index contributed by atoms with van der Waals surface area (Å²) in [5.41, 5.74) is 2.31. The number of hydrogen-bond acceptors (Lipinski definition) is 5. The number of hydrogen-bond donors (Lipinski definition) is 1.